The summed E-state index contributed by atoms with van der Waals surface area (Å²) in [5, 5.41) is 4.14. The van der Waals surface area contributed by atoms with Crippen molar-refractivity contribution in [2.45, 2.75) is 0 Å². The third-order valence-electron chi connectivity index (χ3n) is 2.62. The minimum absolute atomic E-state index is 0.605. The maximum atomic E-state index is 5.23. The SMILES string of the molecule is S=c1cc(-c2ccsc2)[nH]c(-c2ccccc2)n1. The maximum Gasteiger partial charge on any atom is 0.139 e. The smallest absolute Gasteiger partial charge is 0.139 e. The molecule has 0 unspecified atom stereocenters. The summed E-state index contributed by atoms with van der Waals surface area (Å²) < 4.78 is 0.605. The van der Waals surface area contributed by atoms with Gasteiger partial charge in [-0.3, -0.25) is 0 Å². The van der Waals surface area contributed by atoms with Gasteiger partial charge in [-0.2, -0.15) is 11.3 Å². The van der Waals surface area contributed by atoms with E-state index in [0.29, 0.717) is 4.64 Å². The van der Waals surface area contributed by atoms with E-state index in [1.54, 1.807) is 11.3 Å². The van der Waals surface area contributed by atoms with Gasteiger partial charge >= 0.3 is 0 Å². The van der Waals surface area contributed by atoms with Gasteiger partial charge in [0.2, 0.25) is 0 Å². The van der Waals surface area contributed by atoms with Crippen LogP contribution >= 0.6 is 23.6 Å². The quantitative estimate of drug-likeness (QED) is 0.693. The first-order valence-electron chi connectivity index (χ1n) is 5.52. The summed E-state index contributed by atoms with van der Waals surface area (Å²) in [6, 6.07) is 14.0. The fourth-order valence-electron chi connectivity index (χ4n) is 1.76. The summed E-state index contributed by atoms with van der Waals surface area (Å²) in [7, 11) is 0. The molecule has 4 heteroatoms. The highest BCUT2D eigenvalue weighted by molar-refractivity contribution is 7.71. The van der Waals surface area contributed by atoms with Crippen molar-refractivity contribution in [1.29, 1.82) is 0 Å². The highest BCUT2D eigenvalue weighted by Crippen LogP contribution is 2.23. The first-order chi connectivity index (χ1) is 8.83. The number of rotatable bonds is 2. The Labute approximate surface area is 114 Å². The van der Waals surface area contributed by atoms with Crippen molar-refractivity contribution >= 4 is 23.6 Å². The Morgan fingerprint density at radius 1 is 1.06 bits per heavy atom. The Bertz CT molecular complexity index is 700. The predicted octanol–water partition coefficient (Wildman–Crippen LogP) is 4.53. The first kappa shape index (κ1) is 11.3. The van der Waals surface area contributed by atoms with Gasteiger partial charge in [-0.1, -0.05) is 42.5 Å². The molecule has 0 bridgehead atoms. The summed E-state index contributed by atoms with van der Waals surface area (Å²) >= 11 is 6.90. The van der Waals surface area contributed by atoms with Crippen LogP contribution in [0.3, 0.4) is 0 Å². The van der Waals surface area contributed by atoms with Gasteiger partial charge < -0.3 is 4.98 Å². The van der Waals surface area contributed by atoms with E-state index in [1.807, 2.05) is 36.4 Å². The van der Waals surface area contributed by atoms with Crippen LogP contribution in [0.15, 0.2) is 53.2 Å². The van der Waals surface area contributed by atoms with Crippen molar-refractivity contribution in [1.82, 2.24) is 9.97 Å². The number of H-pyrrole nitrogens is 1. The molecule has 3 rings (SSSR count). The molecule has 2 nitrogen and oxygen atoms in total. The summed E-state index contributed by atoms with van der Waals surface area (Å²) in [6.45, 7) is 0. The highest BCUT2D eigenvalue weighted by atomic mass is 32.1. The number of nitrogens with zero attached hydrogens (tertiary/aromatic N) is 1. The second kappa shape index (κ2) is 4.84. The van der Waals surface area contributed by atoms with Crippen LogP contribution in [-0.4, -0.2) is 9.97 Å². The van der Waals surface area contributed by atoms with Gasteiger partial charge in [-0.15, -0.1) is 0 Å². The van der Waals surface area contributed by atoms with Gasteiger partial charge in [-0.25, -0.2) is 4.98 Å². The van der Waals surface area contributed by atoms with E-state index in [4.69, 9.17) is 12.2 Å². The Kier molecular flexibility index (Phi) is 3.04. The van der Waals surface area contributed by atoms with E-state index >= 15 is 0 Å². The largest absolute Gasteiger partial charge is 0.339 e. The Balaban J connectivity index is 2.15. The molecule has 3 aromatic rings. The molecule has 0 fully saturated rings. The lowest BCUT2D eigenvalue weighted by atomic mass is 10.2. The number of hydrogen-bond acceptors (Lipinski definition) is 3. The van der Waals surface area contributed by atoms with Crippen LogP contribution in [0.4, 0.5) is 0 Å². The summed E-state index contributed by atoms with van der Waals surface area (Å²) in [6.07, 6.45) is 0. The molecule has 0 aliphatic rings. The van der Waals surface area contributed by atoms with Crippen LogP contribution in [-0.2, 0) is 0 Å². The van der Waals surface area contributed by atoms with E-state index in [0.717, 1.165) is 22.6 Å². The van der Waals surface area contributed by atoms with E-state index in [1.165, 1.54) is 0 Å². The molecule has 0 amide bonds. The lowest BCUT2D eigenvalue weighted by Gasteiger charge is -2.04. The Hall–Kier alpha value is -1.78. The summed E-state index contributed by atoms with van der Waals surface area (Å²) in [4.78, 5) is 7.71. The van der Waals surface area contributed by atoms with Crippen molar-refractivity contribution in [2.24, 2.45) is 0 Å². The Morgan fingerprint density at radius 3 is 2.61 bits per heavy atom. The monoisotopic (exact) mass is 270 g/mol. The number of aromatic amines is 1. The third kappa shape index (κ3) is 2.25. The average Bonchev–Trinajstić information content (AvgIpc) is 2.93. The molecule has 1 aromatic carbocycles. The summed E-state index contributed by atoms with van der Waals surface area (Å²) in [5.74, 6) is 0.810. The predicted molar refractivity (Wildman–Crippen MR) is 78.2 cm³/mol. The highest BCUT2D eigenvalue weighted by Gasteiger charge is 2.04. The minimum Gasteiger partial charge on any atom is -0.339 e. The fraction of sp³-hybridized carbons (Fsp3) is 0. The van der Waals surface area contributed by atoms with Crippen LogP contribution < -0.4 is 0 Å². The molecule has 0 aliphatic heterocycles. The fourth-order valence-corrected chi connectivity index (χ4v) is 2.63. The van der Waals surface area contributed by atoms with E-state index < -0.39 is 0 Å². The molecule has 2 aromatic heterocycles. The van der Waals surface area contributed by atoms with Crippen LogP contribution in [0, 0.1) is 4.64 Å². The van der Waals surface area contributed by atoms with Gasteiger partial charge in [0, 0.05) is 16.5 Å². The average molecular weight is 270 g/mol. The van der Waals surface area contributed by atoms with Crippen molar-refractivity contribution in [3.63, 3.8) is 0 Å². The molecule has 1 N–H and O–H groups in total. The minimum atomic E-state index is 0.605. The van der Waals surface area contributed by atoms with Crippen LogP contribution in [0.2, 0.25) is 0 Å². The van der Waals surface area contributed by atoms with E-state index in [9.17, 15) is 0 Å². The lowest BCUT2D eigenvalue weighted by molar-refractivity contribution is 1.17. The number of thiophene rings is 1. The number of nitrogens with one attached hydrogen (secondary N) is 1. The van der Waals surface area contributed by atoms with Crippen LogP contribution in [0.25, 0.3) is 22.6 Å². The van der Waals surface area contributed by atoms with Crippen LogP contribution in [0.1, 0.15) is 0 Å². The van der Waals surface area contributed by atoms with Gasteiger partial charge in [0.15, 0.2) is 0 Å². The Morgan fingerprint density at radius 2 is 1.89 bits per heavy atom. The molecular weight excluding hydrogens is 260 g/mol. The number of aromatic nitrogens is 2. The van der Waals surface area contributed by atoms with E-state index in [-0.39, 0.29) is 0 Å². The molecule has 18 heavy (non-hydrogen) atoms. The maximum absolute atomic E-state index is 5.23. The second-order valence-electron chi connectivity index (χ2n) is 3.86. The zero-order chi connectivity index (χ0) is 12.4. The zero-order valence-electron chi connectivity index (χ0n) is 9.46. The molecule has 88 valence electrons. The zero-order valence-corrected chi connectivity index (χ0v) is 11.1. The molecule has 0 saturated heterocycles. The topological polar surface area (TPSA) is 28.7 Å². The standard InChI is InChI=1S/C14H10N2S2/c17-13-8-12(11-6-7-18-9-11)15-14(16-13)10-4-2-1-3-5-10/h1-9H,(H,15,16,17). The molecule has 2 heterocycles. The normalized spacial score (nSPS) is 10.4. The van der Waals surface area contributed by atoms with Crippen molar-refractivity contribution < 1.29 is 0 Å². The molecule has 0 atom stereocenters. The van der Waals surface area contributed by atoms with Crippen molar-refractivity contribution in [3.8, 4) is 22.6 Å². The molecule has 0 radical (unpaired) electrons. The molecule has 0 aliphatic carbocycles. The van der Waals surface area contributed by atoms with Gasteiger partial charge in [0.05, 0.1) is 5.69 Å². The number of benzene rings is 1. The van der Waals surface area contributed by atoms with Crippen LogP contribution in [0.5, 0.6) is 0 Å². The molecule has 0 spiro atoms. The number of hydrogen-bond donors (Lipinski definition) is 1. The lowest BCUT2D eigenvalue weighted by Crippen LogP contribution is -1.91. The van der Waals surface area contributed by atoms with Crippen molar-refractivity contribution in [2.75, 3.05) is 0 Å². The van der Waals surface area contributed by atoms with Gasteiger partial charge in [0.1, 0.15) is 10.5 Å². The van der Waals surface area contributed by atoms with E-state index in [2.05, 4.69) is 26.8 Å². The third-order valence-corrected chi connectivity index (χ3v) is 3.51. The van der Waals surface area contributed by atoms with Crippen molar-refractivity contribution in [3.05, 3.63) is 57.9 Å². The second-order valence-corrected chi connectivity index (χ2v) is 5.06. The molecule has 0 saturated carbocycles. The summed E-state index contributed by atoms with van der Waals surface area (Å²) in [5.41, 5.74) is 3.20. The molecular formula is C14H10N2S2. The van der Waals surface area contributed by atoms with Gasteiger partial charge in [0.25, 0.3) is 0 Å². The first-order valence-corrected chi connectivity index (χ1v) is 6.87. The van der Waals surface area contributed by atoms with Gasteiger partial charge in [-0.05, 0) is 17.5 Å².